The number of hydrogen-bond acceptors (Lipinski definition) is 1. The summed E-state index contributed by atoms with van der Waals surface area (Å²) in [6.45, 7) is 2.73. The van der Waals surface area contributed by atoms with Crippen LogP contribution in [0.5, 0.6) is 0 Å². The number of carbonyl (C=O) groups excluding carboxylic acids is 1. The van der Waals surface area contributed by atoms with E-state index in [1.54, 1.807) is 0 Å². The molecule has 0 atom stereocenters. The lowest BCUT2D eigenvalue weighted by atomic mass is 10.1. The van der Waals surface area contributed by atoms with E-state index in [0.717, 1.165) is 18.4 Å². The van der Waals surface area contributed by atoms with Gasteiger partial charge in [-0.15, -0.1) is 11.6 Å². The molecule has 0 heterocycles. The molecule has 0 spiro atoms. The van der Waals surface area contributed by atoms with Gasteiger partial charge < -0.3 is 4.90 Å². The van der Waals surface area contributed by atoms with E-state index in [1.165, 1.54) is 5.56 Å². The number of rotatable bonds is 5. The maximum absolute atomic E-state index is 12.1. The standard InChI is InChI=1S/C14H18ClNO/c1-11-2-4-12(5-3-11)10-14(17)16(9-8-15)13-6-7-13/h2-5,13H,6-10H2,1H3. The average molecular weight is 252 g/mol. The molecule has 0 aromatic heterocycles. The largest absolute Gasteiger partial charge is 0.338 e. The monoisotopic (exact) mass is 251 g/mol. The van der Waals surface area contributed by atoms with Crippen molar-refractivity contribution in [2.45, 2.75) is 32.2 Å². The molecule has 0 bridgehead atoms. The summed E-state index contributed by atoms with van der Waals surface area (Å²) in [5.41, 5.74) is 2.31. The van der Waals surface area contributed by atoms with Crippen molar-refractivity contribution >= 4 is 17.5 Å². The molecule has 0 unspecified atom stereocenters. The Morgan fingerprint density at radius 3 is 2.53 bits per heavy atom. The zero-order chi connectivity index (χ0) is 12.3. The fourth-order valence-electron chi connectivity index (χ4n) is 1.97. The van der Waals surface area contributed by atoms with Crippen molar-refractivity contribution in [2.24, 2.45) is 0 Å². The summed E-state index contributed by atoms with van der Waals surface area (Å²) < 4.78 is 0. The van der Waals surface area contributed by atoms with Crippen molar-refractivity contribution in [2.75, 3.05) is 12.4 Å². The Labute approximate surface area is 108 Å². The van der Waals surface area contributed by atoms with Crippen LogP contribution in [-0.4, -0.2) is 29.3 Å². The summed E-state index contributed by atoms with van der Waals surface area (Å²) in [5.74, 6) is 0.730. The minimum atomic E-state index is 0.206. The summed E-state index contributed by atoms with van der Waals surface area (Å²) >= 11 is 5.74. The zero-order valence-corrected chi connectivity index (χ0v) is 10.9. The van der Waals surface area contributed by atoms with Crippen LogP contribution in [0.15, 0.2) is 24.3 Å². The van der Waals surface area contributed by atoms with Gasteiger partial charge in [-0.05, 0) is 25.3 Å². The van der Waals surface area contributed by atoms with Gasteiger partial charge in [0.2, 0.25) is 5.91 Å². The van der Waals surface area contributed by atoms with Gasteiger partial charge >= 0.3 is 0 Å². The summed E-state index contributed by atoms with van der Waals surface area (Å²) in [6.07, 6.45) is 2.76. The van der Waals surface area contributed by atoms with Crippen molar-refractivity contribution in [3.63, 3.8) is 0 Å². The number of benzene rings is 1. The van der Waals surface area contributed by atoms with Gasteiger partial charge in [0.1, 0.15) is 0 Å². The summed E-state index contributed by atoms with van der Waals surface area (Å²) in [7, 11) is 0. The molecule has 0 aliphatic heterocycles. The summed E-state index contributed by atoms with van der Waals surface area (Å²) in [5, 5.41) is 0. The highest BCUT2D eigenvalue weighted by molar-refractivity contribution is 6.18. The number of aryl methyl sites for hydroxylation is 1. The van der Waals surface area contributed by atoms with Gasteiger partial charge in [-0.1, -0.05) is 29.8 Å². The minimum absolute atomic E-state index is 0.206. The van der Waals surface area contributed by atoms with Gasteiger partial charge in [-0.25, -0.2) is 0 Å². The molecule has 1 aromatic carbocycles. The first-order valence-corrected chi connectivity index (χ1v) is 6.65. The van der Waals surface area contributed by atoms with Crippen LogP contribution in [0, 0.1) is 6.92 Å². The summed E-state index contributed by atoms with van der Waals surface area (Å²) in [6, 6.07) is 8.60. The van der Waals surface area contributed by atoms with Crippen LogP contribution in [0.3, 0.4) is 0 Å². The lowest BCUT2D eigenvalue weighted by molar-refractivity contribution is -0.130. The van der Waals surface area contributed by atoms with E-state index in [2.05, 4.69) is 6.92 Å². The van der Waals surface area contributed by atoms with Gasteiger partial charge in [0.15, 0.2) is 0 Å². The van der Waals surface area contributed by atoms with Gasteiger partial charge in [0, 0.05) is 18.5 Å². The van der Waals surface area contributed by atoms with Crippen molar-refractivity contribution in [1.82, 2.24) is 4.90 Å². The third-order valence-electron chi connectivity index (χ3n) is 3.11. The number of amides is 1. The van der Waals surface area contributed by atoms with Crippen LogP contribution in [0.2, 0.25) is 0 Å². The lowest BCUT2D eigenvalue weighted by Crippen LogP contribution is -2.35. The van der Waals surface area contributed by atoms with Crippen molar-refractivity contribution < 1.29 is 4.79 Å². The van der Waals surface area contributed by atoms with Crippen LogP contribution in [0.25, 0.3) is 0 Å². The number of alkyl halides is 1. The number of halogens is 1. The van der Waals surface area contributed by atoms with Crippen LogP contribution >= 0.6 is 11.6 Å². The third-order valence-corrected chi connectivity index (χ3v) is 3.28. The second-order valence-corrected chi connectivity index (χ2v) is 5.05. The smallest absolute Gasteiger partial charge is 0.227 e. The molecule has 92 valence electrons. The second-order valence-electron chi connectivity index (χ2n) is 4.67. The average Bonchev–Trinajstić information content (AvgIpc) is 3.13. The molecule has 2 nitrogen and oxygen atoms in total. The minimum Gasteiger partial charge on any atom is -0.338 e. The van der Waals surface area contributed by atoms with Crippen molar-refractivity contribution in [3.8, 4) is 0 Å². The maximum Gasteiger partial charge on any atom is 0.227 e. The molecule has 2 rings (SSSR count). The first-order valence-electron chi connectivity index (χ1n) is 6.11. The molecule has 1 aromatic rings. The predicted molar refractivity (Wildman–Crippen MR) is 70.3 cm³/mol. The van der Waals surface area contributed by atoms with E-state index < -0.39 is 0 Å². The SMILES string of the molecule is Cc1ccc(CC(=O)N(CCCl)C2CC2)cc1. The molecule has 1 saturated carbocycles. The quantitative estimate of drug-likeness (QED) is 0.737. The molecule has 1 amide bonds. The van der Waals surface area contributed by atoms with E-state index >= 15 is 0 Å². The lowest BCUT2D eigenvalue weighted by Gasteiger charge is -2.21. The highest BCUT2D eigenvalue weighted by Crippen LogP contribution is 2.27. The Kier molecular flexibility index (Phi) is 4.06. The Morgan fingerprint density at radius 1 is 1.35 bits per heavy atom. The molecule has 1 aliphatic rings. The Morgan fingerprint density at radius 2 is 2.00 bits per heavy atom. The normalized spacial score (nSPS) is 14.7. The van der Waals surface area contributed by atoms with Gasteiger partial charge in [-0.3, -0.25) is 4.79 Å². The molecule has 17 heavy (non-hydrogen) atoms. The fourth-order valence-corrected chi connectivity index (χ4v) is 2.15. The van der Waals surface area contributed by atoms with Gasteiger partial charge in [-0.2, -0.15) is 0 Å². The van der Waals surface area contributed by atoms with Gasteiger partial charge in [0.05, 0.1) is 6.42 Å². The summed E-state index contributed by atoms with van der Waals surface area (Å²) in [4.78, 5) is 14.1. The van der Waals surface area contributed by atoms with Crippen LogP contribution < -0.4 is 0 Å². The third kappa shape index (κ3) is 3.47. The number of carbonyl (C=O) groups is 1. The zero-order valence-electron chi connectivity index (χ0n) is 10.2. The van der Waals surface area contributed by atoms with E-state index in [1.807, 2.05) is 29.2 Å². The Hall–Kier alpha value is -1.02. The highest BCUT2D eigenvalue weighted by atomic mass is 35.5. The molecular formula is C14H18ClNO. The Balaban J connectivity index is 1.96. The topological polar surface area (TPSA) is 20.3 Å². The molecule has 1 fully saturated rings. The molecule has 0 N–H and O–H groups in total. The van der Waals surface area contributed by atoms with Crippen molar-refractivity contribution in [1.29, 1.82) is 0 Å². The van der Waals surface area contributed by atoms with E-state index in [9.17, 15) is 4.79 Å². The maximum atomic E-state index is 12.1. The van der Waals surface area contributed by atoms with Crippen LogP contribution in [-0.2, 0) is 11.2 Å². The van der Waals surface area contributed by atoms with Crippen molar-refractivity contribution in [3.05, 3.63) is 35.4 Å². The first-order chi connectivity index (χ1) is 8.20. The molecule has 0 radical (unpaired) electrons. The highest BCUT2D eigenvalue weighted by Gasteiger charge is 2.31. The fraction of sp³-hybridized carbons (Fsp3) is 0.500. The van der Waals surface area contributed by atoms with E-state index in [0.29, 0.717) is 24.9 Å². The van der Waals surface area contributed by atoms with E-state index in [-0.39, 0.29) is 5.91 Å². The van der Waals surface area contributed by atoms with E-state index in [4.69, 9.17) is 11.6 Å². The Bertz CT molecular complexity index is 384. The second kappa shape index (κ2) is 5.54. The van der Waals surface area contributed by atoms with Crippen LogP contribution in [0.1, 0.15) is 24.0 Å². The van der Waals surface area contributed by atoms with Gasteiger partial charge in [0.25, 0.3) is 0 Å². The van der Waals surface area contributed by atoms with Crippen LogP contribution in [0.4, 0.5) is 0 Å². The predicted octanol–water partition coefficient (Wildman–Crippen LogP) is 2.77. The first kappa shape index (κ1) is 12.4. The molecular weight excluding hydrogens is 234 g/mol. The number of hydrogen-bond donors (Lipinski definition) is 0. The molecule has 0 saturated heterocycles. The molecule has 3 heteroatoms. The molecule has 1 aliphatic carbocycles. The number of nitrogens with zero attached hydrogens (tertiary/aromatic N) is 1.